The van der Waals surface area contributed by atoms with E-state index in [4.69, 9.17) is 33.2 Å². The van der Waals surface area contributed by atoms with Crippen LogP contribution in [0.15, 0.2) is 30.3 Å². The summed E-state index contributed by atoms with van der Waals surface area (Å²) >= 11 is 0. The third-order valence-corrected chi connectivity index (χ3v) is 10.6. The first kappa shape index (κ1) is 57.2. The number of benzene rings is 1. The average molecular weight is 921 g/mol. The minimum absolute atomic E-state index is 0.323. The van der Waals surface area contributed by atoms with E-state index in [0.29, 0.717) is 5.56 Å². The van der Waals surface area contributed by atoms with Crippen molar-refractivity contribution in [3.05, 3.63) is 35.9 Å². The first-order valence-corrected chi connectivity index (χ1v) is 19.9. The molecule has 64 heavy (non-hydrogen) atoms. The molecule has 0 saturated carbocycles. The lowest BCUT2D eigenvalue weighted by Gasteiger charge is -2.33. The molecule has 1 aromatic rings. The van der Waals surface area contributed by atoms with Crippen LogP contribution in [-0.2, 0) is 73.3 Å². The van der Waals surface area contributed by atoms with Gasteiger partial charge in [0.2, 0.25) is 0 Å². The fraction of sp³-hybridized carbons (Fsp3) is 0.690. The van der Waals surface area contributed by atoms with Crippen LogP contribution in [0.4, 0.5) is 0 Å². The molecule has 0 heterocycles. The molecule has 1 aromatic carbocycles. The van der Waals surface area contributed by atoms with Gasteiger partial charge in [-0.3, -0.25) is 33.6 Å². The van der Waals surface area contributed by atoms with Gasteiger partial charge in [-0.05, 0) is 54.0 Å². The predicted molar refractivity (Wildman–Crippen MR) is 215 cm³/mol. The van der Waals surface area contributed by atoms with Crippen molar-refractivity contribution in [3.8, 4) is 0 Å². The van der Waals surface area contributed by atoms with E-state index >= 15 is 0 Å². The molecule has 0 radical (unpaired) electrons. The summed E-state index contributed by atoms with van der Waals surface area (Å²) in [5.74, 6) is -8.38. The lowest BCUT2D eigenvalue weighted by atomic mass is 9.89. The van der Waals surface area contributed by atoms with E-state index < -0.39 is 172 Å². The molecule has 22 nitrogen and oxygen atoms in total. The fourth-order valence-corrected chi connectivity index (χ4v) is 4.49. The minimum atomic E-state index is -2.13. The molecule has 1 rings (SSSR count). The van der Waals surface area contributed by atoms with Crippen molar-refractivity contribution in [2.75, 3.05) is 92.5 Å². The zero-order chi connectivity index (χ0) is 49.2. The first-order chi connectivity index (χ1) is 29.8. The Balaban J connectivity index is 3.64. The smallest absolute Gasteiger partial charge is 0.319 e. The molecule has 0 fully saturated rings. The van der Waals surface area contributed by atoms with Gasteiger partial charge in [-0.15, -0.1) is 0 Å². The molecule has 0 unspecified atom stereocenters. The Labute approximate surface area is 370 Å². The number of carbonyl (C=O) groups excluding carboxylic acids is 7. The summed E-state index contributed by atoms with van der Waals surface area (Å²) in [7, 11) is 0. The number of hydrogen-bond donors (Lipinski definition) is 8. The third-order valence-electron chi connectivity index (χ3n) is 10.6. The van der Waals surface area contributed by atoms with Gasteiger partial charge >= 0.3 is 41.8 Å². The highest BCUT2D eigenvalue weighted by Gasteiger charge is 2.48. The SMILES string of the molecule is CC(CO)(CO)C(=O)OCC(C)(COC(=O)C(C)(CO)CO)C(=O)OCC(C)(COC(=O)C(C)(COC(=O)C(C)(CO)CO)COC(=O)C(C)(CO)CO)C(=O)OCc1ccccc1. The average Bonchev–Trinajstić information content (AvgIpc) is 3.32. The second-order valence-corrected chi connectivity index (χ2v) is 17.7. The van der Waals surface area contributed by atoms with Gasteiger partial charge in [0.05, 0.1) is 52.9 Å². The van der Waals surface area contributed by atoms with Crippen molar-refractivity contribution < 1.29 is 108 Å². The number of aliphatic hydroxyl groups is 8. The molecule has 0 aliphatic rings. The highest BCUT2D eigenvalue weighted by atomic mass is 16.6. The van der Waals surface area contributed by atoms with Gasteiger partial charge in [0.15, 0.2) is 0 Å². The molecular weight excluding hydrogens is 856 g/mol. The van der Waals surface area contributed by atoms with Gasteiger partial charge in [0, 0.05) is 0 Å². The summed E-state index contributed by atoms with van der Waals surface area (Å²) in [6, 6.07) is 8.28. The molecule has 22 heteroatoms. The van der Waals surface area contributed by atoms with Crippen molar-refractivity contribution in [1.29, 1.82) is 0 Å². The molecule has 0 bridgehead atoms. The maximum absolute atomic E-state index is 13.9. The van der Waals surface area contributed by atoms with E-state index in [2.05, 4.69) is 0 Å². The van der Waals surface area contributed by atoms with Crippen LogP contribution in [0.25, 0.3) is 0 Å². The van der Waals surface area contributed by atoms with Crippen molar-refractivity contribution in [2.24, 2.45) is 37.9 Å². The lowest BCUT2D eigenvalue weighted by Crippen LogP contribution is -2.48. The Bertz CT molecular complexity index is 1550. The standard InChI is InChI=1S/C42H64O22/c1-36(14-43,15-44)29(51)59-24-41(6,25-60-30(52)37(2,16-45)17-46)34(56)63-22-40(5,33(55)58-13-28-11-9-8-10-12-28)23-64-35(57)42(7,26-61-31(53)38(3,18-47)19-48)27-62-32(54)39(4,20-49)21-50/h8-12,43-50H,13-27H2,1-7H3. The third kappa shape index (κ3) is 14.9. The van der Waals surface area contributed by atoms with E-state index in [9.17, 15) is 74.4 Å². The Hall–Kier alpha value is -4.81. The Kier molecular flexibility index (Phi) is 21.9. The van der Waals surface area contributed by atoms with Crippen LogP contribution in [0.3, 0.4) is 0 Å². The number of hydrogen-bond acceptors (Lipinski definition) is 22. The molecule has 8 N–H and O–H groups in total. The number of carbonyl (C=O) groups is 7. The second-order valence-electron chi connectivity index (χ2n) is 17.7. The van der Waals surface area contributed by atoms with E-state index in [0.717, 1.165) is 41.5 Å². The zero-order valence-electron chi connectivity index (χ0n) is 37.3. The molecule has 0 atom stereocenters. The van der Waals surface area contributed by atoms with Gasteiger partial charge in [0.25, 0.3) is 0 Å². The quantitative estimate of drug-likeness (QED) is 0.0317. The Morgan fingerprint density at radius 3 is 0.719 bits per heavy atom. The van der Waals surface area contributed by atoms with Crippen molar-refractivity contribution in [3.63, 3.8) is 0 Å². The van der Waals surface area contributed by atoms with Gasteiger partial charge in [-0.2, -0.15) is 0 Å². The van der Waals surface area contributed by atoms with Crippen molar-refractivity contribution in [1.82, 2.24) is 0 Å². The normalized spacial score (nSPS) is 12.7. The van der Waals surface area contributed by atoms with E-state index in [1.807, 2.05) is 0 Å². The molecule has 0 aliphatic heterocycles. The van der Waals surface area contributed by atoms with Crippen LogP contribution in [0.5, 0.6) is 0 Å². The van der Waals surface area contributed by atoms with Crippen LogP contribution in [-0.4, -0.2) is 175 Å². The van der Waals surface area contributed by atoms with Crippen LogP contribution in [0.1, 0.15) is 54.0 Å². The van der Waals surface area contributed by atoms with E-state index in [1.54, 1.807) is 30.3 Å². The van der Waals surface area contributed by atoms with E-state index in [1.165, 1.54) is 6.92 Å². The molecule has 0 amide bonds. The van der Waals surface area contributed by atoms with Crippen LogP contribution < -0.4 is 0 Å². The number of rotatable bonds is 29. The monoisotopic (exact) mass is 920 g/mol. The fourth-order valence-electron chi connectivity index (χ4n) is 4.49. The number of esters is 7. The maximum atomic E-state index is 13.9. The summed E-state index contributed by atoms with van der Waals surface area (Å²) < 4.78 is 37.6. The number of aliphatic hydroxyl groups excluding tert-OH is 8. The molecule has 0 aromatic heterocycles. The molecule has 364 valence electrons. The van der Waals surface area contributed by atoms with Gasteiger partial charge in [-0.1, -0.05) is 30.3 Å². The summed E-state index contributed by atoms with van der Waals surface area (Å²) in [6.45, 7) is -4.82. The minimum Gasteiger partial charge on any atom is -0.464 e. The van der Waals surface area contributed by atoms with E-state index in [-0.39, 0.29) is 6.61 Å². The predicted octanol–water partition coefficient (Wildman–Crippen LogP) is -2.03. The molecule has 0 spiro atoms. The van der Waals surface area contributed by atoms with Crippen molar-refractivity contribution >= 4 is 41.8 Å². The topological polar surface area (TPSA) is 346 Å². The van der Waals surface area contributed by atoms with Crippen LogP contribution in [0, 0.1) is 37.9 Å². The van der Waals surface area contributed by atoms with Crippen LogP contribution in [0.2, 0.25) is 0 Å². The maximum Gasteiger partial charge on any atom is 0.319 e. The van der Waals surface area contributed by atoms with Gasteiger partial charge in [0.1, 0.15) is 84.2 Å². The second kappa shape index (κ2) is 24.5. The zero-order valence-corrected chi connectivity index (χ0v) is 37.3. The molecular formula is C42H64O22. The van der Waals surface area contributed by atoms with Crippen LogP contribution >= 0.6 is 0 Å². The summed E-state index contributed by atoms with van der Waals surface area (Å²) in [4.78, 5) is 93.2. The largest absolute Gasteiger partial charge is 0.464 e. The summed E-state index contributed by atoms with van der Waals surface area (Å²) in [6.07, 6.45) is 0. The Morgan fingerprint density at radius 2 is 0.516 bits per heavy atom. The number of ether oxygens (including phenoxy) is 7. The molecule has 0 saturated heterocycles. The Morgan fingerprint density at radius 1 is 0.328 bits per heavy atom. The molecule has 0 aliphatic carbocycles. The first-order valence-electron chi connectivity index (χ1n) is 19.9. The highest BCUT2D eigenvalue weighted by Crippen LogP contribution is 2.31. The van der Waals surface area contributed by atoms with Gasteiger partial charge in [-0.25, -0.2) is 0 Å². The summed E-state index contributed by atoms with van der Waals surface area (Å²) in [5.41, 5.74) is -13.2. The lowest BCUT2D eigenvalue weighted by molar-refractivity contribution is -0.185. The van der Waals surface area contributed by atoms with Gasteiger partial charge < -0.3 is 74.0 Å². The summed E-state index contributed by atoms with van der Waals surface area (Å²) in [5, 5.41) is 77.4. The highest BCUT2D eigenvalue weighted by molar-refractivity contribution is 5.83. The van der Waals surface area contributed by atoms with Crippen molar-refractivity contribution in [2.45, 2.75) is 55.1 Å².